The second kappa shape index (κ2) is 5.70. The van der Waals surface area contributed by atoms with Crippen LogP contribution in [0.3, 0.4) is 0 Å². The number of aryl methyl sites for hydroxylation is 1. The second-order valence-corrected chi connectivity index (χ2v) is 5.52. The van der Waals surface area contributed by atoms with Crippen molar-refractivity contribution in [1.82, 2.24) is 9.55 Å². The number of rotatable bonds is 3. The second-order valence-electron chi connectivity index (χ2n) is 5.52. The Kier molecular flexibility index (Phi) is 3.39. The SMILES string of the molecule is Cc1c(C(=O)Nc2ccc(-n3ccnc3)cc2)oc2ccccc12. The number of furan rings is 1. The van der Waals surface area contributed by atoms with Crippen LogP contribution >= 0.6 is 0 Å². The van der Waals surface area contributed by atoms with Gasteiger partial charge in [0, 0.05) is 34.7 Å². The number of benzene rings is 2. The maximum atomic E-state index is 12.5. The molecule has 0 spiro atoms. The Balaban J connectivity index is 1.58. The van der Waals surface area contributed by atoms with Crippen molar-refractivity contribution >= 4 is 22.6 Å². The molecule has 0 fully saturated rings. The highest BCUT2D eigenvalue weighted by Gasteiger charge is 2.17. The van der Waals surface area contributed by atoms with Crippen LogP contribution in [0.1, 0.15) is 16.1 Å². The lowest BCUT2D eigenvalue weighted by Crippen LogP contribution is -2.12. The zero-order chi connectivity index (χ0) is 16.5. The number of anilines is 1. The molecule has 5 heteroatoms. The number of aromatic nitrogens is 2. The quantitative estimate of drug-likeness (QED) is 0.616. The van der Waals surface area contributed by atoms with Crippen molar-refractivity contribution in [2.75, 3.05) is 5.32 Å². The molecule has 2 aromatic carbocycles. The average molecular weight is 317 g/mol. The number of fused-ring (bicyclic) bond motifs is 1. The smallest absolute Gasteiger partial charge is 0.291 e. The van der Waals surface area contributed by atoms with Crippen molar-refractivity contribution in [3.8, 4) is 5.69 Å². The van der Waals surface area contributed by atoms with Crippen LogP contribution in [0.2, 0.25) is 0 Å². The minimum absolute atomic E-state index is 0.251. The van der Waals surface area contributed by atoms with E-state index in [2.05, 4.69) is 10.3 Å². The van der Waals surface area contributed by atoms with Gasteiger partial charge in [0.1, 0.15) is 5.58 Å². The van der Waals surface area contributed by atoms with Gasteiger partial charge in [-0.25, -0.2) is 4.98 Å². The van der Waals surface area contributed by atoms with E-state index in [1.165, 1.54) is 0 Å². The van der Waals surface area contributed by atoms with Gasteiger partial charge in [-0.1, -0.05) is 18.2 Å². The first-order chi connectivity index (χ1) is 11.7. The molecule has 0 saturated heterocycles. The van der Waals surface area contributed by atoms with Gasteiger partial charge in [-0.05, 0) is 37.3 Å². The minimum atomic E-state index is -0.251. The third-order valence-electron chi connectivity index (χ3n) is 3.98. The first-order valence-corrected chi connectivity index (χ1v) is 7.60. The first kappa shape index (κ1) is 14.3. The summed E-state index contributed by atoms with van der Waals surface area (Å²) < 4.78 is 7.59. The highest BCUT2D eigenvalue weighted by molar-refractivity contribution is 6.06. The van der Waals surface area contributed by atoms with E-state index < -0.39 is 0 Å². The molecule has 24 heavy (non-hydrogen) atoms. The number of nitrogens with zero attached hydrogens (tertiary/aromatic N) is 2. The van der Waals surface area contributed by atoms with Gasteiger partial charge in [-0.3, -0.25) is 4.79 Å². The molecule has 0 unspecified atom stereocenters. The van der Waals surface area contributed by atoms with E-state index in [-0.39, 0.29) is 5.91 Å². The Morgan fingerprint density at radius 2 is 1.92 bits per heavy atom. The third-order valence-corrected chi connectivity index (χ3v) is 3.98. The zero-order valence-electron chi connectivity index (χ0n) is 13.1. The van der Waals surface area contributed by atoms with E-state index in [4.69, 9.17) is 4.42 Å². The molecule has 0 aliphatic rings. The monoisotopic (exact) mass is 317 g/mol. The molecule has 0 aliphatic heterocycles. The lowest BCUT2D eigenvalue weighted by atomic mass is 10.1. The summed E-state index contributed by atoms with van der Waals surface area (Å²) in [5.74, 6) is 0.0916. The van der Waals surface area contributed by atoms with Crippen molar-refractivity contribution in [1.29, 1.82) is 0 Å². The summed E-state index contributed by atoms with van der Waals surface area (Å²) in [7, 11) is 0. The minimum Gasteiger partial charge on any atom is -0.451 e. The van der Waals surface area contributed by atoms with Crippen LogP contribution in [-0.4, -0.2) is 15.5 Å². The number of carbonyl (C=O) groups is 1. The van der Waals surface area contributed by atoms with Gasteiger partial charge in [0.15, 0.2) is 5.76 Å². The molecule has 118 valence electrons. The van der Waals surface area contributed by atoms with E-state index in [9.17, 15) is 4.79 Å². The van der Waals surface area contributed by atoms with Gasteiger partial charge >= 0.3 is 0 Å². The van der Waals surface area contributed by atoms with Crippen LogP contribution in [0, 0.1) is 6.92 Å². The Hall–Kier alpha value is -3.34. The van der Waals surface area contributed by atoms with Crippen LogP contribution < -0.4 is 5.32 Å². The van der Waals surface area contributed by atoms with Crippen LogP contribution in [0.5, 0.6) is 0 Å². The summed E-state index contributed by atoms with van der Waals surface area (Å²) in [6.45, 7) is 1.89. The zero-order valence-corrected chi connectivity index (χ0v) is 13.1. The molecule has 5 nitrogen and oxygen atoms in total. The standard InChI is InChI=1S/C19H15N3O2/c1-13-16-4-2-3-5-17(16)24-18(13)19(23)21-14-6-8-15(9-7-14)22-11-10-20-12-22/h2-12H,1H3,(H,21,23). The summed E-state index contributed by atoms with van der Waals surface area (Å²) in [5.41, 5.74) is 3.25. The molecule has 0 saturated carbocycles. The highest BCUT2D eigenvalue weighted by Crippen LogP contribution is 2.25. The number of imidazole rings is 1. The summed E-state index contributed by atoms with van der Waals surface area (Å²) in [5, 5.41) is 3.83. The topological polar surface area (TPSA) is 60.1 Å². The molecule has 2 heterocycles. The summed E-state index contributed by atoms with van der Waals surface area (Å²) in [6.07, 6.45) is 5.32. The van der Waals surface area contributed by atoms with Crippen molar-refractivity contribution in [3.05, 3.63) is 78.6 Å². The number of para-hydroxylation sites is 1. The molecular formula is C19H15N3O2. The van der Waals surface area contributed by atoms with E-state index in [1.807, 2.05) is 66.2 Å². The van der Waals surface area contributed by atoms with Crippen LogP contribution in [-0.2, 0) is 0 Å². The molecule has 0 aliphatic carbocycles. The van der Waals surface area contributed by atoms with Gasteiger partial charge in [-0.2, -0.15) is 0 Å². The Bertz CT molecular complexity index is 999. The maximum absolute atomic E-state index is 12.5. The molecule has 1 N–H and O–H groups in total. The largest absolute Gasteiger partial charge is 0.451 e. The number of carbonyl (C=O) groups excluding carboxylic acids is 1. The van der Waals surface area contributed by atoms with Gasteiger partial charge in [0.25, 0.3) is 5.91 Å². The number of amides is 1. The predicted molar refractivity (Wildman–Crippen MR) is 92.5 cm³/mol. The van der Waals surface area contributed by atoms with Gasteiger partial charge in [0.2, 0.25) is 0 Å². The molecule has 2 aromatic heterocycles. The molecule has 0 radical (unpaired) electrons. The van der Waals surface area contributed by atoms with Gasteiger partial charge in [-0.15, -0.1) is 0 Å². The fourth-order valence-electron chi connectivity index (χ4n) is 2.71. The Labute approximate surface area is 138 Å². The van der Waals surface area contributed by atoms with E-state index in [1.54, 1.807) is 12.5 Å². The fourth-order valence-corrected chi connectivity index (χ4v) is 2.71. The van der Waals surface area contributed by atoms with E-state index in [0.717, 1.165) is 22.2 Å². The average Bonchev–Trinajstić information content (AvgIpc) is 3.24. The van der Waals surface area contributed by atoms with Gasteiger partial charge in [0.05, 0.1) is 6.33 Å². The van der Waals surface area contributed by atoms with Crippen molar-refractivity contribution in [2.24, 2.45) is 0 Å². The number of nitrogens with one attached hydrogen (secondary N) is 1. The highest BCUT2D eigenvalue weighted by atomic mass is 16.3. The van der Waals surface area contributed by atoms with Crippen LogP contribution in [0.15, 0.2) is 71.7 Å². The lowest BCUT2D eigenvalue weighted by Gasteiger charge is -2.06. The van der Waals surface area contributed by atoms with Crippen LogP contribution in [0.25, 0.3) is 16.7 Å². The summed E-state index contributed by atoms with van der Waals surface area (Å²) >= 11 is 0. The molecule has 4 aromatic rings. The summed E-state index contributed by atoms with van der Waals surface area (Å²) in [6, 6.07) is 15.2. The van der Waals surface area contributed by atoms with Crippen LogP contribution in [0.4, 0.5) is 5.69 Å². The van der Waals surface area contributed by atoms with Gasteiger partial charge < -0.3 is 14.3 Å². The molecule has 4 rings (SSSR count). The summed E-state index contributed by atoms with van der Waals surface area (Å²) in [4.78, 5) is 16.5. The third kappa shape index (κ3) is 2.46. The lowest BCUT2D eigenvalue weighted by molar-refractivity contribution is 0.0998. The fraction of sp³-hybridized carbons (Fsp3) is 0.0526. The predicted octanol–water partition coefficient (Wildman–Crippen LogP) is 4.18. The Morgan fingerprint density at radius 1 is 1.12 bits per heavy atom. The van der Waals surface area contributed by atoms with E-state index >= 15 is 0 Å². The Morgan fingerprint density at radius 3 is 2.62 bits per heavy atom. The molecule has 0 atom stereocenters. The number of hydrogen-bond donors (Lipinski definition) is 1. The normalized spacial score (nSPS) is 10.9. The van der Waals surface area contributed by atoms with Crippen molar-refractivity contribution < 1.29 is 9.21 Å². The molecular weight excluding hydrogens is 302 g/mol. The molecule has 1 amide bonds. The van der Waals surface area contributed by atoms with E-state index in [0.29, 0.717) is 11.4 Å². The first-order valence-electron chi connectivity index (χ1n) is 7.60. The maximum Gasteiger partial charge on any atom is 0.291 e. The van der Waals surface area contributed by atoms with Crippen molar-refractivity contribution in [3.63, 3.8) is 0 Å². The molecule has 0 bridgehead atoms. The number of hydrogen-bond acceptors (Lipinski definition) is 3. The van der Waals surface area contributed by atoms with Crippen molar-refractivity contribution in [2.45, 2.75) is 6.92 Å².